The highest BCUT2D eigenvalue weighted by Gasteiger charge is 2.35. The molecule has 0 unspecified atom stereocenters. The molecular formula is C21H19N3O2S. The molecule has 2 heterocycles. The Morgan fingerprint density at radius 3 is 2.37 bits per heavy atom. The molecule has 27 heavy (non-hydrogen) atoms. The molecule has 2 amide bonds. The second kappa shape index (κ2) is 7.53. The minimum atomic E-state index is -0.284. The molecule has 0 saturated carbocycles. The predicted molar refractivity (Wildman–Crippen MR) is 102 cm³/mol. The quantitative estimate of drug-likeness (QED) is 0.598. The number of pyridine rings is 1. The lowest BCUT2D eigenvalue weighted by Gasteiger charge is -2.17. The monoisotopic (exact) mass is 377 g/mol. The van der Waals surface area contributed by atoms with Crippen molar-refractivity contribution in [1.82, 2.24) is 9.88 Å². The van der Waals surface area contributed by atoms with Crippen molar-refractivity contribution in [1.29, 1.82) is 5.26 Å². The van der Waals surface area contributed by atoms with Crippen LogP contribution in [-0.2, 0) is 12.8 Å². The lowest BCUT2D eigenvalue weighted by atomic mass is 9.96. The Balaban J connectivity index is 1.57. The second-order valence-corrected chi connectivity index (χ2v) is 7.76. The molecule has 1 aliphatic heterocycles. The van der Waals surface area contributed by atoms with E-state index in [1.807, 2.05) is 6.07 Å². The molecule has 136 valence electrons. The van der Waals surface area contributed by atoms with Crippen molar-refractivity contribution in [2.24, 2.45) is 0 Å². The van der Waals surface area contributed by atoms with Gasteiger partial charge < -0.3 is 0 Å². The Kier molecular flexibility index (Phi) is 4.95. The molecule has 0 atom stereocenters. The van der Waals surface area contributed by atoms with Gasteiger partial charge in [0.05, 0.1) is 22.6 Å². The number of carbonyl (C=O) groups is 2. The van der Waals surface area contributed by atoms with Crippen molar-refractivity contribution >= 4 is 23.6 Å². The summed E-state index contributed by atoms with van der Waals surface area (Å²) in [7, 11) is 0. The van der Waals surface area contributed by atoms with Crippen molar-refractivity contribution in [3.8, 4) is 6.07 Å². The SMILES string of the molecule is N#Cc1cc2c(nc1SCN1C(=O)c3ccccc3C1=O)CCCCCC2. The normalized spacial score (nSPS) is 16.3. The molecular weight excluding hydrogens is 358 g/mol. The number of hydrogen-bond acceptors (Lipinski definition) is 5. The number of aromatic nitrogens is 1. The molecule has 2 aliphatic rings. The number of thioether (sulfide) groups is 1. The molecule has 4 rings (SSSR count). The maximum atomic E-state index is 12.5. The molecule has 1 aromatic heterocycles. The number of hydrogen-bond donors (Lipinski definition) is 0. The summed E-state index contributed by atoms with van der Waals surface area (Å²) in [6.07, 6.45) is 6.54. The molecule has 2 aromatic rings. The van der Waals surface area contributed by atoms with Gasteiger partial charge in [-0.2, -0.15) is 5.26 Å². The van der Waals surface area contributed by atoms with Gasteiger partial charge in [-0.25, -0.2) is 4.98 Å². The first kappa shape index (κ1) is 17.7. The molecule has 1 aliphatic carbocycles. The Hall–Kier alpha value is -2.65. The van der Waals surface area contributed by atoms with Crippen LogP contribution in [0.25, 0.3) is 0 Å². The molecule has 5 nitrogen and oxygen atoms in total. The van der Waals surface area contributed by atoms with Crippen molar-refractivity contribution in [2.45, 2.75) is 43.6 Å². The maximum absolute atomic E-state index is 12.5. The third-order valence-corrected chi connectivity index (χ3v) is 6.07. The van der Waals surface area contributed by atoms with E-state index in [0.29, 0.717) is 21.7 Å². The van der Waals surface area contributed by atoms with Gasteiger partial charge >= 0.3 is 0 Å². The first-order chi connectivity index (χ1) is 13.2. The van der Waals surface area contributed by atoms with Crippen LogP contribution in [0.3, 0.4) is 0 Å². The number of imide groups is 1. The van der Waals surface area contributed by atoms with Gasteiger partial charge in [0.2, 0.25) is 0 Å². The topological polar surface area (TPSA) is 74.1 Å². The molecule has 6 heteroatoms. The average Bonchev–Trinajstić information content (AvgIpc) is 2.91. The van der Waals surface area contributed by atoms with Crippen LogP contribution in [0.1, 0.15) is 63.2 Å². The van der Waals surface area contributed by atoms with Crippen LogP contribution in [0.5, 0.6) is 0 Å². The van der Waals surface area contributed by atoms with Gasteiger partial charge in [-0.3, -0.25) is 14.5 Å². The largest absolute Gasteiger partial charge is 0.269 e. The number of nitriles is 1. The van der Waals surface area contributed by atoms with Crippen molar-refractivity contribution < 1.29 is 9.59 Å². The van der Waals surface area contributed by atoms with Gasteiger partial charge in [0.15, 0.2) is 0 Å². The zero-order valence-electron chi connectivity index (χ0n) is 14.9. The molecule has 1 aromatic carbocycles. The lowest BCUT2D eigenvalue weighted by molar-refractivity contribution is 0.0684. The third kappa shape index (κ3) is 3.35. The highest BCUT2D eigenvalue weighted by Crippen LogP contribution is 2.30. The number of rotatable bonds is 3. The summed E-state index contributed by atoms with van der Waals surface area (Å²) < 4.78 is 0. The molecule has 0 N–H and O–H groups in total. The van der Waals surface area contributed by atoms with Gasteiger partial charge in [-0.15, -0.1) is 0 Å². The van der Waals surface area contributed by atoms with Crippen LogP contribution in [0, 0.1) is 11.3 Å². The number of benzene rings is 1. The van der Waals surface area contributed by atoms with Gasteiger partial charge in [0.25, 0.3) is 11.8 Å². The van der Waals surface area contributed by atoms with Gasteiger partial charge in [0.1, 0.15) is 11.1 Å². The molecule has 0 bridgehead atoms. The number of nitrogens with zero attached hydrogens (tertiary/aromatic N) is 3. The summed E-state index contributed by atoms with van der Waals surface area (Å²) >= 11 is 1.28. The van der Waals surface area contributed by atoms with Gasteiger partial charge in [-0.05, 0) is 49.4 Å². The zero-order valence-corrected chi connectivity index (χ0v) is 15.7. The number of aryl methyl sites for hydroxylation is 2. The van der Waals surface area contributed by atoms with Crippen molar-refractivity contribution in [3.05, 3.63) is 58.3 Å². The molecule has 0 radical (unpaired) electrons. The fourth-order valence-electron chi connectivity index (χ4n) is 3.64. The van der Waals surface area contributed by atoms with E-state index < -0.39 is 0 Å². The first-order valence-electron chi connectivity index (χ1n) is 9.20. The Labute approximate surface area is 162 Å². The summed E-state index contributed by atoms with van der Waals surface area (Å²) in [5.41, 5.74) is 3.62. The summed E-state index contributed by atoms with van der Waals surface area (Å²) in [6, 6.07) is 11.0. The van der Waals surface area contributed by atoms with E-state index in [4.69, 9.17) is 4.98 Å². The molecule has 0 saturated heterocycles. The van der Waals surface area contributed by atoms with Crippen molar-refractivity contribution in [3.63, 3.8) is 0 Å². The molecule has 0 spiro atoms. The van der Waals surface area contributed by atoms with E-state index in [1.54, 1.807) is 24.3 Å². The number of fused-ring (bicyclic) bond motifs is 2. The Morgan fingerprint density at radius 1 is 1.04 bits per heavy atom. The minimum absolute atomic E-state index is 0.160. The van der Waals surface area contributed by atoms with Crippen LogP contribution in [0.2, 0.25) is 0 Å². The fraction of sp³-hybridized carbons (Fsp3) is 0.333. The number of carbonyl (C=O) groups excluding carboxylic acids is 2. The average molecular weight is 377 g/mol. The van der Waals surface area contributed by atoms with Crippen LogP contribution in [-0.4, -0.2) is 27.6 Å². The van der Waals surface area contributed by atoms with E-state index in [-0.39, 0.29) is 17.7 Å². The second-order valence-electron chi connectivity index (χ2n) is 6.83. The standard InChI is InChI=1S/C21H19N3O2S/c22-12-15-11-14-7-3-1-2-4-10-18(14)23-19(15)27-13-24-20(25)16-8-5-6-9-17(16)21(24)26/h5-6,8-9,11H,1-4,7,10,13H2. The van der Waals surface area contributed by atoms with Crippen LogP contribution in [0.4, 0.5) is 0 Å². The van der Waals surface area contributed by atoms with Crippen LogP contribution in [0.15, 0.2) is 35.4 Å². The van der Waals surface area contributed by atoms with Gasteiger partial charge in [-0.1, -0.05) is 36.7 Å². The highest BCUT2D eigenvalue weighted by atomic mass is 32.2. The van der Waals surface area contributed by atoms with E-state index in [9.17, 15) is 14.9 Å². The van der Waals surface area contributed by atoms with E-state index in [1.165, 1.54) is 29.5 Å². The summed E-state index contributed by atoms with van der Waals surface area (Å²) in [6.45, 7) is 0. The van der Waals surface area contributed by atoms with E-state index >= 15 is 0 Å². The smallest absolute Gasteiger partial charge is 0.262 e. The third-order valence-electron chi connectivity index (χ3n) is 5.09. The lowest BCUT2D eigenvalue weighted by Crippen LogP contribution is -2.29. The van der Waals surface area contributed by atoms with E-state index in [0.717, 1.165) is 36.9 Å². The van der Waals surface area contributed by atoms with Crippen LogP contribution < -0.4 is 0 Å². The van der Waals surface area contributed by atoms with E-state index in [2.05, 4.69) is 6.07 Å². The summed E-state index contributed by atoms with van der Waals surface area (Å²) in [4.78, 5) is 31.0. The number of amides is 2. The molecule has 0 fully saturated rings. The highest BCUT2D eigenvalue weighted by molar-refractivity contribution is 7.99. The van der Waals surface area contributed by atoms with Gasteiger partial charge in [0, 0.05) is 5.69 Å². The van der Waals surface area contributed by atoms with Crippen molar-refractivity contribution in [2.75, 3.05) is 5.88 Å². The summed E-state index contributed by atoms with van der Waals surface area (Å²) in [5, 5.41) is 10.1. The fourth-order valence-corrected chi connectivity index (χ4v) is 4.56. The van der Waals surface area contributed by atoms with Crippen LogP contribution >= 0.6 is 11.8 Å². The zero-order chi connectivity index (χ0) is 18.8. The Morgan fingerprint density at radius 2 is 1.70 bits per heavy atom. The maximum Gasteiger partial charge on any atom is 0.262 e. The summed E-state index contributed by atoms with van der Waals surface area (Å²) in [5.74, 6) is -0.409. The minimum Gasteiger partial charge on any atom is -0.269 e. The predicted octanol–water partition coefficient (Wildman–Crippen LogP) is 3.96. The Bertz CT molecular complexity index is 929. The first-order valence-corrected chi connectivity index (χ1v) is 10.2.